The highest BCUT2D eigenvalue weighted by Crippen LogP contribution is 2.30. The molecule has 0 aliphatic rings. The summed E-state index contributed by atoms with van der Waals surface area (Å²) in [5, 5.41) is 0.657. The molecule has 2 aromatic carbocycles. The Bertz CT molecular complexity index is 557. The zero-order valence-electron chi connectivity index (χ0n) is 9.21. The van der Waals surface area contributed by atoms with Crippen molar-refractivity contribution in [3.8, 4) is 11.5 Å². The summed E-state index contributed by atoms with van der Waals surface area (Å²) in [6, 6.07) is 9.65. The third-order valence-electron chi connectivity index (χ3n) is 2.37. The number of hydrogen-bond donors (Lipinski definition) is 1. The van der Waals surface area contributed by atoms with Gasteiger partial charge in [0.1, 0.15) is 17.3 Å². The van der Waals surface area contributed by atoms with E-state index in [0.29, 0.717) is 16.5 Å². The second kappa shape index (κ2) is 4.63. The molecule has 2 N–H and O–H groups in total. The molecule has 4 heteroatoms. The Balaban J connectivity index is 2.31. The fraction of sp³-hybridized carbons (Fsp3) is 0.0769. The standard InChI is InChI=1S/C13H11ClFNO/c1-8-7-9(5-6-10(8)14)17-12-4-2-3-11(15)13(12)16/h2-7H,16H2,1H3. The minimum atomic E-state index is -0.492. The van der Waals surface area contributed by atoms with Crippen molar-refractivity contribution in [1.82, 2.24) is 0 Å². The van der Waals surface area contributed by atoms with Crippen molar-refractivity contribution in [3.05, 3.63) is 52.8 Å². The highest BCUT2D eigenvalue weighted by atomic mass is 35.5. The summed E-state index contributed by atoms with van der Waals surface area (Å²) in [5.74, 6) is 0.379. The molecule has 0 unspecified atom stereocenters. The summed E-state index contributed by atoms with van der Waals surface area (Å²) < 4.78 is 18.7. The van der Waals surface area contributed by atoms with E-state index in [0.717, 1.165) is 5.56 Å². The first-order valence-corrected chi connectivity index (χ1v) is 5.43. The normalized spacial score (nSPS) is 10.3. The molecule has 0 radical (unpaired) electrons. The Hall–Kier alpha value is -1.74. The molecule has 88 valence electrons. The maximum absolute atomic E-state index is 13.2. The molecule has 0 atom stereocenters. The maximum Gasteiger partial charge on any atom is 0.153 e. The molecule has 0 aliphatic carbocycles. The quantitative estimate of drug-likeness (QED) is 0.814. The number of halogens is 2. The van der Waals surface area contributed by atoms with Gasteiger partial charge in [-0.1, -0.05) is 17.7 Å². The number of anilines is 1. The van der Waals surface area contributed by atoms with Gasteiger partial charge >= 0.3 is 0 Å². The topological polar surface area (TPSA) is 35.2 Å². The van der Waals surface area contributed by atoms with Gasteiger partial charge in [-0.05, 0) is 42.8 Å². The number of rotatable bonds is 2. The predicted molar refractivity (Wildman–Crippen MR) is 67.1 cm³/mol. The molecule has 0 bridgehead atoms. The summed E-state index contributed by atoms with van der Waals surface area (Å²) in [5.41, 5.74) is 6.46. The van der Waals surface area contributed by atoms with Gasteiger partial charge < -0.3 is 10.5 Å². The van der Waals surface area contributed by atoms with Crippen LogP contribution in [-0.2, 0) is 0 Å². The first kappa shape index (κ1) is 11.7. The Morgan fingerprint density at radius 3 is 2.71 bits per heavy atom. The molecule has 2 nitrogen and oxygen atoms in total. The van der Waals surface area contributed by atoms with Gasteiger partial charge in [-0.3, -0.25) is 0 Å². The Labute approximate surface area is 104 Å². The van der Waals surface area contributed by atoms with E-state index in [1.165, 1.54) is 6.07 Å². The molecule has 0 heterocycles. The molecule has 0 spiro atoms. The number of hydrogen-bond acceptors (Lipinski definition) is 2. The molecule has 17 heavy (non-hydrogen) atoms. The van der Waals surface area contributed by atoms with Crippen molar-refractivity contribution in [2.24, 2.45) is 0 Å². The third-order valence-corrected chi connectivity index (χ3v) is 2.79. The minimum absolute atomic E-state index is 0.0000954. The number of nitrogen functional groups attached to an aromatic ring is 1. The lowest BCUT2D eigenvalue weighted by molar-refractivity contribution is 0.480. The molecular weight excluding hydrogens is 241 g/mol. The van der Waals surface area contributed by atoms with E-state index in [1.54, 1.807) is 30.3 Å². The van der Waals surface area contributed by atoms with Gasteiger partial charge in [-0.2, -0.15) is 0 Å². The summed E-state index contributed by atoms with van der Waals surface area (Å²) in [4.78, 5) is 0. The lowest BCUT2D eigenvalue weighted by Gasteiger charge is -2.09. The van der Waals surface area contributed by atoms with Crippen LogP contribution in [0.25, 0.3) is 0 Å². The highest BCUT2D eigenvalue weighted by molar-refractivity contribution is 6.31. The van der Waals surface area contributed by atoms with Crippen molar-refractivity contribution in [3.63, 3.8) is 0 Å². The lowest BCUT2D eigenvalue weighted by Crippen LogP contribution is -1.95. The van der Waals surface area contributed by atoms with Crippen LogP contribution in [0.4, 0.5) is 10.1 Å². The van der Waals surface area contributed by atoms with E-state index >= 15 is 0 Å². The van der Waals surface area contributed by atoms with Crippen LogP contribution in [-0.4, -0.2) is 0 Å². The van der Waals surface area contributed by atoms with Gasteiger partial charge in [0.25, 0.3) is 0 Å². The zero-order valence-corrected chi connectivity index (χ0v) is 9.96. The summed E-state index contributed by atoms with van der Waals surface area (Å²) in [7, 11) is 0. The van der Waals surface area contributed by atoms with E-state index in [2.05, 4.69) is 0 Å². The smallest absolute Gasteiger partial charge is 0.153 e. The van der Waals surface area contributed by atoms with Crippen molar-refractivity contribution in [2.45, 2.75) is 6.92 Å². The molecule has 0 aromatic heterocycles. The summed E-state index contributed by atoms with van der Waals surface area (Å²) in [6.45, 7) is 1.87. The lowest BCUT2D eigenvalue weighted by atomic mass is 10.2. The molecule has 0 saturated heterocycles. The van der Waals surface area contributed by atoms with Crippen LogP contribution in [0, 0.1) is 12.7 Å². The van der Waals surface area contributed by atoms with Crippen molar-refractivity contribution in [1.29, 1.82) is 0 Å². The average molecular weight is 252 g/mol. The molecule has 0 amide bonds. The minimum Gasteiger partial charge on any atom is -0.455 e. The van der Waals surface area contributed by atoms with E-state index in [4.69, 9.17) is 22.1 Å². The van der Waals surface area contributed by atoms with Gasteiger partial charge in [0.2, 0.25) is 0 Å². The second-order valence-electron chi connectivity index (χ2n) is 3.66. The molecular formula is C13H11ClFNO. The molecule has 0 fully saturated rings. The SMILES string of the molecule is Cc1cc(Oc2cccc(F)c2N)ccc1Cl. The van der Waals surface area contributed by atoms with Crippen LogP contribution in [0.15, 0.2) is 36.4 Å². The van der Waals surface area contributed by atoms with E-state index in [-0.39, 0.29) is 5.69 Å². The Morgan fingerprint density at radius 1 is 1.24 bits per heavy atom. The Morgan fingerprint density at radius 2 is 2.00 bits per heavy atom. The average Bonchev–Trinajstić information content (AvgIpc) is 2.30. The van der Waals surface area contributed by atoms with Crippen LogP contribution in [0.3, 0.4) is 0 Å². The number of benzene rings is 2. The van der Waals surface area contributed by atoms with Crippen LogP contribution >= 0.6 is 11.6 Å². The van der Waals surface area contributed by atoms with Crippen LogP contribution < -0.4 is 10.5 Å². The van der Waals surface area contributed by atoms with Crippen LogP contribution in [0.2, 0.25) is 5.02 Å². The summed E-state index contributed by atoms with van der Waals surface area (Å²) >= 11 is 5.90. The number of nitrogens with two attached hydrogens (primary N) is 1. The third kappa shape index (κ3) is 2.50. The molecule has 2 rings (SSSR count). The largest absolute Gasteiger partial charge is 0.455 e. The Kier molecular flexibility index (Phi) is 3.20. The van der Waals surface area contributed by atoms with Crippen LogP contribution in [0.5, 0.6) is 11.5 Å². The first-order chi connectivity index (χ1) is 8.08. The van der Waals surface area contributed by atoms with Crippen molar-refractivity contribution < 1.29 is 9.13 Å². The van der Waals surface area contributed by atoms with Gasteiger partial charge in [0.05, 0.1) is 0 Å². The molecule has 2 aromatic rings. The van der Waals surface area contributed by atoms with E-state index in [9.17, 15) is 4.39 Å². The maximum atomic E-state index is 13.2. The second-order valence-corrected chi connectivity index (χ2v) is 4.07. The van der Waals surface area contributed by atoms with Crippen LogP contribution in [0.1, 0.15) is 5.56 Å². The first-order valence-electron chi connectivity index (χ1n) is 5.06. The monoisotopic (exact) mass is 251 g/mol. The van der Waals surface area contributed by atoms with E-state index < -0.39 is 5.82 Å². The van der Waals surface area contributed by atoms with Crippen molar-refractivity contribution in [2.75, 3.05) is 5.73 Å². The highest BCUT2D eigenvalue weighted by Gasteiger charge is 2.07. The predicted octanol–water partition coefficient (Wildman–Crippen LogP) is 4.16. The number of aryl methyl sites for hydroxylation is 1. The summed E-state index contributed by atoms with van der Waals surface area (Å²) in [6.07, 6.45) is 0. The number of para-hydroxylation sites is 1. The van der Waals surface area contributed by atoms with Gasteiger partial charge in [-0.15, -0.1) is 0 Å². The fourth-order valence-electron chi connectivity index (χ4n) is 1.41. The van der Waals surface area contributed by atoms with E-state index in [1.807, 2.05) is 6.92 Å². The number of ether oxygens (including phenoxy) is 1. The zero-order chi connectivity index (χ0) is 12.4. The van der Waals surface area contributed by atoms with Gasteiger partial charge in [0.15, 0.2) is 5.75 Å². The fourth-order valence-corrected chi connectivity index (χ4v) is 1.53. The molecule has 0 saturated carbocycles. The van der Waals surface area contributed by atoms with Gasteiger partial charge in [-0.25, -0.2) is 4.39 Å². The molecule has 0 aliphatic heterocycles. The van der Waals surface area contributed by atoms with Crippen molar-refractivity contribution >= 4 is 17.3 Å². The van der Waals surface area contributed by atoms with Gasteiger partial charge in [0, 0.05) is 5.02 Å².